The summed E-state index contributed by atoms with van der Waals surface area (Å²) in [5.74, 6) is 0. The summed E-state index contributed by atoms with van der Waals surface area (Å²) in [6, 6.07) is 2.79. The van der Waals surface area contributed by atoms with Crippen LogP contribution in [0, 0.1) is 10.1 Å². The van der Waals surface area contributed by atoms with E-state index in [9.17, 15) is 23.3 Å². The lowest BCUT2D eigenvalue weighted by Gasteiger charge is -2.36. The van der Waals surface area contributed by atoms with E-state index in [1.54, 1.807) is 11.9 Å². The summed E-state index contributed by atoms with van der Waals surface area (Å²) in [7, 11) is 3.70. The third kappa shape index (κ3) is 3.49. The molecule has 1 aliphatic heterocycles. The minimum atomic E-state index is -4.59. The summed E-state index contributed by atoms with van der Waals surface area (Å²) in [6.07, 6.45) is -2.94. The van der Waals surface area contributed by atoms with E-state index in [1.165, 1.54) is 6.07 Å². The Bertz CT molecular complexity index is 555. The van der Waals surface area contributed by atoms with E-state index in [0.29, 0.717) is 6.07 Å². The molecule has 1 saturated heterocycles. The average Bonchev–Trinajstić information content (AvgIpc) is 2.45. The molecule has 22 heavy (non-hydrogen) atoms. The van der Waals surface area contributed by atoms with Crippen molar-refractivity contribution in [2.45, 2.75) is 25.1 Å². The van der Waals surface area contributed by atoms with Gasteiger partial charge in [0.2, 0.25) is 0 Å². The summed E-state index contributed by atoms with van der Waals surface area (Å²) in [5, 5.41) is 11.1. The molecule has 1 aromatic rings. The SMILES string of the molecule is CN1CCC(N(C)c2ccc(C(F)(F)F)cc2[N+](=O)[O-])CC1. The van der Waals surface area contributed by atoms with Crippen LogP contribution in [0.4, 0.5) is 24.5 Å². The molecule has 8 heteroatoms. The molecule has 0 unspecified atom stereocenters. The maximum Gasteiger partial charge on any atom is 0.416 e. The van der Waals surface area contributed by atoms with Gasteiger partial charge in [-0.05, 0) is 45.1 Å². The summed E-state index contributed by atoms with van der Waals surface area (Å²) >= 11 is 0. The zero-order valence-electron chi connectivity index (χ0n) is 12.4. The Morgan fingerprint density at radius 3 is 2.41 bits per heavy atom. The highest BCUT2D eigenvalue weighted by Crippen LogP contribution is 2.37. The number of alkyl halides is 3. The third-order valence-electron chi connectivity index (χ3n) is 4.12. The van der Waals surface area contributed by atoms with Crippen molar-refractivity contribution in [2.24, 2.45) is 0 Å². The topological polar surface area (TPSA) is 49.6 Å². The molecule has 0 N–H and O–H groups in total. The van der Waals surface area contributed by atoms with Gasteiger partial charge in [0, 0.05) is 19.2 Å². The molecule has 0 saturated carbocycles. The molecule has 5 nitrogen and oxygen atoms in total. The highest BCUT2D eigenvalue weighted by molar-refractivity contribution is 5.64. The number of piperidine rings is 1. The molecular formula is C14H18F3N3O2. The number of benzene rings is 1. The number of nitro groups is 1. The number of hydrogen-bond donors (Lipinski definition) is 0. The van der Waals surface area contributed by atoms with Gasteiger partial charge in [0.1, 0.15) is 5.69 Å². The molecule has 1 heterocycles. The quantitative estimate of drug-likeness (QED) is 0.635. The van der Waals surface area contributed by atoms with Crippen molar-refractivity contribution in [3.05, 3.63) is 33.9 Å². The van der Waals surface area contributed by atoms with E-state index in [-0.39, 0.29) is 11.7 Å². The molecule has 1 fully saturated rings. The van der Waals surface area contributed by atoms with Crippen LogP contribution in [0.15, 0.2) is 18.2 Å². The van der Waals surface area contributed by atoms with Gasteiger partial charge in [-0.2, -0.15) is 13.2 Å². The fourth-order valence-corrected chi connectivity index (χ4v) is 2.72. The van der Waals surface area contributed by atoms with Crippen molar-refractivity contribution in [2.75, 3.05) is 32.1 Å². The van der Waals surface area contributed by atoms with E-state index >= 15 is 0 Å². The summed E-state index contributed by atoms with van der Waals surface area (Å²) < 4.78 is 38.2. The van der Waals surface area contributed by atoms with Crippen molar-refractivity contribution in [3.63, 3.8) is 0 Å². The van der Waals surface area contributed by atoms with Crippen LogP contribution in [0.1, 0.15) is 18.4 Å². The first-order chi connectivity index (χ1) is 10.2. The predicted molar refractivity (Wildman–Crippen MR) is 77.0 cm³/mol. The Morgan fingerprint density at radius 1 is 1.32 bits per heavy atom. The van der Waals surface area contributed by atoms with Gasteiger partial charge >= 0.3 is 6.18 Å². The minimum Gasteiger partial charge on any atom is -0.366 e. The van der Waals surface area contributed by atoms with E-state index < -0.39 is 22.4 Å². The number of likely N-dealkylation sites (tertiary alicyclic amines) is 1. The molecule has 2 rings (SSSR count). The average molecular weight is 317 g/mol. The van der Waals surface area contributed by atoms with Crippen molar-refractivity contribution >= 4 is 11.4 Å². The van der Waals surface area contributed by atoms with Gasteiger partial charge in [-0.1, -0.05) is 0 Å². The molecule has 0 spiro atoms. The van der Waals surface area contributed by atoms with Gasteiger partial charge < -0.3 is 9.80 Å². The summed E-state index contributed by atoms with van der Waals surface area (Å²) in [4.78, 5) is 14.3. The van der Waals surface area contributed by atoms with Crippen LogP contribution < -0.4 is 4.90 Å². The van der Waals surface area contributed by atoms with E-state index in [4.69, 9.17) is 0 Å². The van der Waals surface area contributed by atoms with Gasteiger partial charge in [0.05, 0.1) is 10.5 Å². The number of halogens is 3. The highest BCUT2D eigenvalue weighted by Gasteiger charge is 2.34. The van der Waals surface area contributed by atoms with E-state index in [2.05, 4.69) is 4.90 Å². The lowest BCUT2D eigenvalue weighted by Crippen LogP contribution is -2.42. The first-order valence-electron chi connectivity index (χ1n) is 6.97. The van der Waals surface area contributed by atoms with Gasteiger partial charge in [-0.3, -0.25) is 10.1 Å². The molecule has 1 aromatic carbocycles. The predicted octanol–water partition coefficient (Wildman–Crippen LogP) is 3.14. The lowest BCUT2D eigenvalue weighted by atomic mass is 10.0. The smallest absolute Gasteiger partial charge is 0.366 e. The molecule has 0 aliphatic carbocycles. The van der Waals surface area contributed by atoms with Crippen molar-refractivity contribution in [1.29, 1.82) is 0 Å². The fraction of sp³-hybridized carbons (Fsp3) is 0.571. The second-order valence-corrected chi connectivity index (χ2v) is 5.60. The molecule has 1 aliphatic rings. The molecular weight excluding hydrogens is 299 g/mol. The second kappa shape index (κ2) is 6.12. The highest BCUT2D eigenvalue weighted by atomic mass is 19.4. The van der Waals surface area contributed by atoms with Crippen LogP contribution >= 0.6 is 0 Å². The number of rotatable bonds is 3. The maximum atomic E-state index is 12.7. The Labute approximate surface area is 126 Å². The van der Waals surface area contributed by atoms with Crippen LogP contribution in [-0.2, 0) is 6.18 Å². The number of anilines is 1. The lowest BCUT2D eigenvalue weighted by molar-refractivity contribution is -0.384. The first kappa shape index (κ1) is 16.5. The minimum absolute atomic E-state index is 0.0895. The molecule has 0 atom stereocenters. The number of hydrogen-bond acceptors (Lipinski definition) is 4. The summed E-state index contributed by atoms with van der Waals surface area (Å²) in [6.45, 7) is 1.73. The fourth-order valence-electron chi connectivity index (χ4n) is 2.72. The largest absolute Gasteiger partial charge is 0.416 e. The zero-order chi connectivity index (χ0) is 16.5. The van der Waals surface area contributed by atoms with Gasteiger partial charge in [-0.25, -0.2) is 0 Å². The Morgan fingerprint density at radius 2 is 1.91 bits per heavy atom. The molecule has 0 aromatic heterocycles. The number of nitrogens with zero attached hydrogens (tertiary/aromatic N) is 3. The normalized spacial score (nSPS) is 17.5. The third-order valence-corrected chi connectivity index (χ3v) is 4.12. The van der Waals surface area contributed by atoms with Crippen molar-refractivity contribution in [3.8, 4) is 0 Å². The number of nitro benzene ring substituents is 1. The van der Waals surface area contributed by atoms with Crippen LogP contribution in [-0.4, -0.2) is 43.0 Å². The Hall–Kier alpha value is -1.83. The van der Waals surface area contributed by atoms with Crippen LogP contribution in [0.25, 0.3) is 0 Å². The molecule has 122 valence electrons. The maximum absolute atomic E-state index is 12.7. The van der Waals surface area contributed by atoms with Gasteiger partial charge in [-0.15, -0.1) is 0 Å². The first-order valence-corrected chi connectivity index (χ1v) is 6.97. The Balaban J connectivity index is 2.31. The van der Waals surface area contributed by atoms with Crippen LogP contribution in [0.2, 0.25) is 0 Å². The monoisotopic (exact) mass is 317 g/mol. The van der Waals surface area contributed by atoms with E-state index in [0.717, 1.165) is 32.0 Å². The van der Waals surface area contributed by atoms with Crippen molar-refractivity contribution in [1.82, 2.24) is 4.90 Å². The Kier molecular flexibility index (Phi) is 4.60. The van der Waals surface area contributed by atoms with E-state index in [1.807, 2.05) is 7.05 Å². The standard InChI is InChI=1S/C14H18F3N3O2/c1-18-7-5-11(6-8-18)19(2)12-4-3-10(14(15,16)17)9-13(12)20(21)22/h3-4,9,11H,5-8H2,1-2H3. The molecule has 0 bridgehead atoms. The molecule has 0 amide bonds. The zero-order valence-corrected chi connectivity index (χ0v) is 12.4. The molecule has 0 radical (unpaired) electrons. The van der Waals surface area contributed by atoms with Gasteiger partial charge in [0.25, 0.3) is 5.69 Å². The van der Waals surface area contributed by atoms with Crippen LogP contribution in [0.5, 0.6) is 0 Å². The van der Waals surface area contributed by atoms with Crippen LogP contribution in [0.3, 0.4) is 0 Å². The second-order valence-electron chi connectivity index (χ2n) is 5.60. The van der Waals surface area contributed by atoms with Crippen molar-refractivity contribution < 1.29 is 18.1 Å². The van der Waals surface area contributed by atoms with Gasteiger partial charge in [0.15, 0.2) is 0 Å². The summed E-state index contributed by atoms with van der Waals surface area (Å²) in [5.41, 5.74) is -1.27.